The molecule has 0 radical (unpaired) electrons. The molecule has 0 spiro atoms. The maximum atomic E-state index is 9.95. The first-order valence-electron chi connectivity index (χ1n) is 3.30. The zero-order chi connectivity index (χ0) is 10.6. The summed E-state index contributed by atoms with van der Waals surface area (Å²) in [6.07, 6.45) is -8.65. The van der Waals surface area contributed by atoms with E-state index >= 15 is 0 Å². The number of carboxylic acids is 1. The summed E-state index contributed by atoms with van der Waals surface area (Å²) in [5.41, 5.74) is 0. The number of hydrogen-bond donors (Lipinski definition) is 4. The zero-order valence-corrected chi connectivity index (χ0v) is 6.40. The lowest BCUT2D eigenvalue weighted by molar-refractivity contribution is -0.320. The molecule has 76 valence electrons. The smallest absolute Gasteiger partial charge is 0.151 e. The number of aliphatic hydroxyl groups excluding tert-OH is 4. The molecule has 0 unspecified atom stereocenters. The van der Waals surface area contributed by atoms with E-state index < -0.39 is 30.4 Å². The maximum absolute atomic E-state index is 9.95. The van der Waals surface area contributed by atoms with Gasteiger partial charge in [0.25, 0.3) is 0 Å². The van der Waals surface area contributed by atoms with E-state index in [4.69, 9.17) is 20.4 Å². The van der Waals surface area contributed by atoms with Crippen LogP contribution in [0.15, 0.2) is 0 Å². The van der Waals surface area contributed by atoms with Crippen molar-refractivity contribution in [1.82, 2.24) is 0 Å². The van der Waals surface area contributed by atoms with Crippen LogP contribution in [0.1, 0.15) is 0 Å². The highest BCUT2D eigenvalue weighted by Crippen LogP contribution is 2.03. The second kappa shape index (κ2) is 4.87. The highest BCUT2D eigenvalue weighted by molar-refractivity contribution is 5.70. The van der Waals surface area contributed by atoms with Gasteiger partial charge in [0.1, 0.15) is 24.4 Å². The first-order chi connectivity index (χ1) is 5.91. The molecule has 0 amide bonds. The summed E-state index contributed by atoms with van der Waals surface area (Å²) in [5.74, 6) is -2.01. The van der Waals surface area contributed by atoms with Gasteiger partial charge in [-0.15, -0.1) is 0 Å². The molecule has 13 heavy (non-hydrogen) atoms. The van der Waals surface area contributed by atoms with Crippen LogP contribution in [0.3, 0.4) is 0 Å². The highest BCUT2D eigenvalue weighted by atomic mass is 16.4. The van der Waals surface area contributed by atoms with Crippen LogP contribution in [0.5, 0.6) is 0 Å². The first kappa shape index (κ1) is 12.0. The van der Waals surface area contributed by atoms with Crippen LogP contribution in [0.2, 0.25) is 0 Å². The molecule has 0 aromatic rings. The SMILES string of the molecule is O=C[C@@H](O)[C@@H](O)[C@H](O)[C@H](O)C(=O)[O-]. The molecule has 0 saturated carbocycles. The van der Waals surface area contributed by atoms with Crippen molar-refractivity contribution in [3.63, 3.8) is 0 Å². The van der Waals surface area contributed by atoms with Gasteiger partial charge in [0.15, 0.2) is 6.29 Å². The van der Waals surface area contributed by atoms with Crippen molar-refractivity contribution in [3.05, 3.63) is 0 Å². The predicted octanol–water partition coefficient (Wildman–Crippen LogP) is -4.62. The minimum absolute atomic E-state index is 0.101. The molecule has 0 rings (SSSR count). The van der Waals surface area contributed by atoms with Crippen molar-refractivity contribution in [1.29, 1.82) is 0 Å². The quantitative estimate of drug-likeness (QED) is 0.322. The average molecular weight is 193 g/mol. The van der Waals surface area contributed by atoms with E-state index in [1.54, 1.807) is 0 Å². The van der Waals surface area contributed by atoms with Gasteiger partial charge in [0.2, 0.25) is 0 Å². The minimum atomic E-state index is -2.36. The summed E-state index contributed by atoms with van der Waals surface area (Å²) in [4.78, 5) is 19.8. The Morgan fingerprint density at radius 1 is 1.15 bits per heavy atom. The number of hydrogen-bond acceptors (Lipinski definition) is 7. The molecule has 7 heteroatoms. The molecule has 0 heterocycles. The van der Waals surface area contributed by atoms with Gasteiger partial charge in [-0.25, -0.2) is 0 Å². The van der Waals surface area contributed by atoms with E-state index in [-0.39, 0.29) is 6.29 Å². The lowest BCUT2D eigenvalue weighted by Crippen LogP contribution is -2.52. The molecule has 0 saturated heterocycles. The normalized spacial score (nSPS) is 20.0. The van der Waals surface area contributed by atoms with E-state index in [1.807, 2.05) is 0 Å². The van der Waals surface area contributed by atoms with Crippen molar-refractivity contribution in [3.8, 4) is 0 Å². The Labute approximate surface area is 72.9 Å². The fourth-order valence-corrected chi connectivity index (χ4v) is 0.609. The maximum Gasteiger partial charge on any atom is 0.151 e. The van der Waals surface area contributed by atoms with Gasteiger partial charge in [0.05, 0.1) is 5.97 Å². The number of rotatable bonds is 5. The van der Waals surface area contributed by atoms with Gasteiger partial charge in [-0.3, -0.25) is 0 Å². The van der Waals surface area contributed by atoms with Crippen LogP contribution in [-0.2, 0) is 9.59 Å². The van der Waals surface area contributed by atoms with Crippen LogP contribution in [0, 0.1) is 0 Å². The Balaban J connectivity index is 4.32. The number of aldehydes is 1. The van der Waals surface area contributed by atoms with Crippen molar-refractivity contribution >= 4 is 12.3 Å². The van der Waals surface area contributed by atoms with Crippen LogP contribution in [-0.4, -0.2) is 57.1 Å². The summed E-state index contributed by atoms with van der Waals surface area (Å²) in [6, 6.07) is 0. The Hall–Kier alpha value is -1.02. The third-order valence-electron chi connectivity index (χ3n) is 1.40. The molecule has 7 nitrogen and oxygen atoms in total. The minimum Gasteiger partial charge on any atom is -0.547 e. The number of aliphatic carboxylic acids is 1. The topological polar surface area (TPSA) is 138 Å². The average Bonchev–Trinajstić information content (AvgIpc) is 2.12. The summed E-state index contributed by atoms with van der Waals surface area (Å²) >= 11 is 0. The largest absolute Gasteiger partial charge is 0.547 e. The molecule has 0 aromatic carbocycles. The van der Waals surface area contributed by atoms with Crippen molar-refractivity contribution in [2.75, 3.05) is 0 Å². The molecular formula is C6H9O7-. The van der Waals surface area contributed by atoms with Gasteiger partial charge in [-0.2, -0.15) is 0 Å². The van der Waals surface area contributed by atoms with Crippen LogP contribution in [0.25, 0.3) is 0 Å². The molecule has 0 aliphatic carbocycles. The van der Waals surface area contributed by atoms with Crippen LogP contribution < -0.4 is 5.11 Å². The second-order valence-electron chi connectivity index (χ2n) is 2.37. The number of carbonyl (C=O) groups is 2. The lowest BCUT2D eigenvalue weighted by Gasteiger charge is -2.24. The van der Waals surface area contributed by atoms with E-state index in [9.17, 15) is 14.7 Å². The Morgan fingerprint density at radius 3 is 1.92 bits per heavy atom. The van der Waals surface area contributed by atoms with E-state index in [1.165, 1.54) is 0 Å². The Kier molecular flexibility index (Phi) is 4.49. The number of aliphatic hydroxyl groups is 4. The van der Waals surface area contributed by atoms with E-state index in [0.717, 1.165) is 0 Å². The van der Waals surface area contributed by atoms with Crippen LogP contribution in [0.4, 0.5) is 0 Å². The molecule has 4 atom stereocenters. The van der Waals surface area contributed by atoms with Gasteiger partial charge in [0, 0.05) is 0 Å². The summed E-state index contributed by atoms with van der Waals surface area (Å²) < 4.78 is 0. The van der Waals surface area contributed by atoms with Gasteiger partial charge < -0.3 is 35.1 Å². The molecule has 0 aromatic heterocycles. The van der Waals surface area contributed by atoms with Gasteiger partial charge in [-0.1, -0.05) is 0 Å². The summed E-state index contributed by atoms with van der Waals surface area (Å²) in [7, 11) is 0. The Morgan fingerprint density at radius 2 is 1.62 bits per heavy atom. The standard InChI is InChI=1S/C6H10O7/c7-1-2(8)3(9)4(10)5(11)6(12)13/h1-5,8-11H,(H,12,13)/p-1/t2-,3-,4+,5+/m1/s1. The van der Waals surface area contributed by atoms with Gasteiger partial charge in [-0.05, 0) is 0 Å². The molecule has 4 N–H and O–H groups in total. The van der Waals surface area contributed by atoms with E-state index in [0.29, 0.717) is 0 Å². The third kappa shape index (κ3) is 3.07. The van der Waals surface area contributed by atoms with Crippen molar-refractivity contribution in [2.45, 2.75) is 24.4 Å². The van der Waals surface area contributed by atoms with Crippen molar-refractivity contribution in [2.24, 2.45) is 0 Å². The second-order valence-corrected chi connectivity index (χ2v) is 2.37. The number of carboxylic acid groups (broad SMARTS) is 1. The fourth-order valence-electron chi connectivity index (χ4n) is 0.609. The fraction of sp³-hybridized carbons (Fsp3) is 0.667. The molecule has 0 fully saturated rings. The first-order valence-corrected chi connectivity index (χ1v) is 3.30. The molecule has 0 bridgehead atoms. The number of carbonyl (C=O) groups excluding carboxylic acids is 2. The predicted molar refractivity (Wildman–Crippen MR) is 35.1 cm³/mol. The third-order valence-corrected chi connectivity index (χ3v) is 1.40. The molecular weight excluding hydrogens is 184 g/mol. The van der Waals surface area contributed by atoms with Crippen molar-refractivity contribution < 1.29 is 35.1 Å². The van der Waals surface area contributed by atoms with Crippen LogP contribution >= 0.6 is 0 Å². The van der Waals surface area contributed by atoms with E-state index in [2.05, 4.69) is 0 Å². The molecule has 0 aliphatic heterocycles. The Bertz CT molecular complexity index is 191. The highest BCUT2D eigenvalue weighted by Gasteiger charge is 2.30. The summed E-state index contributed by atoms with van der Waals surface area (Å²) in [5, 5.41) is 44.8. The monoisotopic (exact) mass is 193 g/mol. The van der Waals surface area contributed by atoms with Gasteiger partial charge >= 0.3 is 0 Å². The summed E-state index contributed by atoms with van der Waals surface area (Å²) in [6.45, 7) is 0. The zero-order valence-electron chi connectivity index (χ0n) is 6.40. The lowest BCUT2D eigenvalue weighted by atomic mass is 10.0. The molecule has 0 aliphatic rings.